The van der Waals surface area contributed by atoms with Gasteiger partial charge >= 0.3 is 0 Å². The SMILES string of the molecule is Cc1nc(S(=O)(=O)N2CCCCCCC2)cn1C. The standard InChI is InChI=1S/C12H21N3O2S/c1-11-13-12(10-14(11)2)18(16,17)15-8-6-4-3-5-7-9-15/h10H,3-9H2,1-2H3. The fraction of sp³-hybridized carbons (Fsp3) is 0.750. The lowest BCUT2D eigenvalue weighted by atomic mass is 10.1. The average Bonchev–Trinajstić information content (AvgIpc) is 2.58. The molecule has 18 heavy (non-hydrogen) atoms. The summed E-state index contributed by atoms with van der Waals surface area (Å²) >= 11 is 0. The number of aryl methyl sites for hydroxylation is 2. The van der Waals surface area contributed by atoms with Crippen LogP contribution in [-0.4, -0.2) is 35.4 Å². The summed E-state index contributed by atoms with van der Waals surface area (Å²) in [7, 11) is -1.59. The Bertz CT molecular complexity index is 480. The van der Waals surface area contributed by atoms with Gasteiger partial charge in [0.2, 0.25) is 0 Å². The Morgan fingerprint density at radius 2 is 1.67 bits per heavy atom. The van der Waals surface area contributed by atoms with E-state index in [0.717, 1.165) is 31.5 Å². The fourth-order valence-electron chi connectivity index (χ4n) is 2.24. The molecule has 5 nitrogen and oxygen atoms in total. The lowest BCUT2D eigenvalue weighted by Crippen LogP contribution is -2.34. The molecule has 2 heterocycles. The van der Waals surface area contributed by atoms with Crippen molar-refractivity contribution in [3.8, 4) is 0 Å². The molecule has 0 amide bonds. The molecule has 0 aromatic carbocycles. The van der Waals surface area contributed by atoms with Crippen LogP contribution < -0.4 is 0 Å². The quantitative estimate of drug-likeness (QED) is 0.822. The zero-order valence-corrected chi connectivity index (χ0v) is 11.9. The first-order valence-corrected chi connectivity index (χ1v) is 7.96. The van der Waals surface area contributed by atoms with Crippen molar-refractivity contribution in [3.05, 3.63) is 12.0 Å². The fourth-order valence-corrected chi connectivity index (χ4v) is 3.78. The van der Waals surface area contributed by atoms with Gasteiger partial charge in [-0.1, -0.05) is 19.3 Å². The molecule has 102 valence electrons. The number of hydrogen-bond acceptors (Lipinski definition) is 3. The molecular weight excluding hydrogens is 250 g/mol. The first kappa shape index (κ1) is 13.5. The molecule has 2 rings (SSSR count). The molecule has 1 aliphatic heterocycles. The van der Waals surface area contributed by atoms with E-state index in [4.69, 9.17) is 0 Å². The average molecular weight is 271 g/mol. The van der Waals surface area contributed by atoms with Crippen LogP contribution in [0, 0.1) is 6.92 Å². The van der Waals surface area contributed by atoms with Gasteiger partial charge in [-0.25, -0.2) is 13.4 Å². The molecule has 1 saturated heterocycles. The molecule has 6 heteroatoms. The first-order chi connectivity index (χ1) is 8.51. The molecule has 0 unspecified atom stereocenters. The van der Waals surface area contributed by atoms with Crippen molar-refractivity contribution >= 4 is 10.0 Å². The molecule has 1 aliphatic rings. The molecule has 0 spiro atoms. The third kappa shape index (κ3) is 2.75. The maximum absolute atomic E-state index is 12.5. The Morgan fingerprint density at radius 3 is 2.17 bits per heavy atom. The minimum atomic E-state index is -3.40. The van der Waals surface area contributed by atoms with Crippen molar-refractivity contribution in [2.45, 2.75) is 44.1 Å². The molecule has 0 atom stereocenters. The second-order valence-corrected chi connectivity index (χ2v) is 6.79. The topological polar surface area (TPSA) is 55.2 Å². The smallest absolute Gasteiger partial charge is 0.262 e. The number of hydrogen-bond donors (Lipinski definition) is 0. The van der Waals surface area contributed by atoms with E-state index >= 15 is 0 Å². The maximum atomic E-state index is 12.5. The van der Waals surface area contributed by atoms with Gasteiger partial charge in [0.1, 0.15) is 5.82 Å². The first-order valence-electron chi connectivity index (χ1n) is 6.52. The Hall–Kier alpha value is -0.880. The van der Waals surface area contributed by atoms with Crippen LogP contribution in [0.25, 0.3) is 0 Å². The molecule has 1 fully saturated rings. The highest BCUT2D eigenvalue weighted by Crippen LogP contribution is 2.19. The second kappa shape index (κ2) is 5.40. The highest BCUT2D eigenvalue weighted by molar-refractivity contribution is 7.89. The summed E-state index contributed by atoms with van der Waals surface area (Å²) in [6.45, 7) is 3.06. The van der Waals surface area contributed by atoms with Crippen LogP contribution in [0.4, 0.5) is 0 Å². The predicted molar refractivity (Wildman–Crippen MR) is 69.8 cm³/mol. The maximum Gasteiger partial charge on any atom is 0.262 e. The Labute approximate surface area is 109 Å². The van der Waals surface area contributed by atoms with Crippen LogP contribution in [0.1, 0.15) is 37.9 Å². The Balaban J connectivity index is 2.23. The number of aromatic nitrogens is 2. The van der Waals surface area contributed by atoms with Gasteiger partial charge in [0, 0.05) is 26.3 Å². The van der Waals surface area contributed by atoms with Crippen molar-refractivity contribution in [1.29, 1.82) is 0 Å². The van der Waals surface area contributed by atoms with Crippen LogP contribution in [0.5, 0.6) is 0 Å². The minimum Gasteiger partial charge on any atom is -0.337 e. The van der Waals surface area contributed by atoms with E-state index in [1.165, 1.54) is 6.42 Å². The molecule has 1 aromatic rings. The van der Waals surface area contributed by atoms with Gasteiger partial charge in [-0.3, -0.25) is 0 Å². The summed E-state index contributed by atoms with van der Waals surface area (Å²) in [6, 6.07) is 0. The van der Waals surface area contributed by atoms with Crippen molar-refractivity contribution in [2.75, 3.05) is 13.1 Å². The van der Waals surface area contributed by atoms with Crippen LogP contribution in [0.15, 0.2) is 11.2 Å². The number of nitrogens with zero attached hydrogens (tertiary/aromatic N) is 3. The third-order valence-corrected chi connectivity index (χ3v) is 5.28. The molecular formula is C12H21N3O2S. The molecule has 0 aliphatic carbocycles. The van der Waals surface area contributed by atoms with E-state index in [1.54, 1.807) is 15.1 Å². The summed E-state index contributed by atoms with van der Waals surface area (Å²) in [5.74, 6) is 0.723. The van der Waals surface area contributed by atoms with Gasteiger partial charge in [-0.15, -0.1) is 0 Å². The van der Waals surface area contributed by atoms with E-state index in [0.29, 0.717) is 13.1 Å². The van der Waals surface area contributed by atoms with Crippen LogP contribution in [0.3, 0.4) is 0 Å². The van der Waals surface area contributed by atoms with Gasteiger partial charge in [0.05, 0.1) is 0 Å². The normalized spacial score (nSPS) is 19.4. The zero-order chi connectivity index (χ0) is 13.2. The number of imidazole rings is 1. The molecule has 0 bridgehead atoms. The van der Waals surface area contributed by atoms with E-state index in [9.17, 15) is 8.42 Å². The monoisotopic (exact) mass is 271 g/mol. The van der Waals surface area contributed by atoms with Gasteiger partial charge in [0.25, 0.3) is 10.0 Å². The van der Waals surface area contributed by atoms with Crippen LogP contribution in [0.2, 0.25) is 0 Å². The van der Waals surface area contributed by atoms with Gasteiger partial charge in [-0.2, -0.15) is 4.31 Å². The van der Waals surface area contributed by atoms with E-state index < -0.39 is 10.0 Å². The van der Waals surface area contributed by atoms with Crippen LogP contribution in [-0.2, 0) is 17.1 Å². The van der Waals surface area contributed by atoms with Gasteiger partial charge in [-0.05, 0) is 19.8 Å². The largest absolute Gasteiger partial charge is 0.337 e. The Morgan fingerprint density at radius 1 is 1.11 bits per heavy atom. The molecule has 0 saturated carbocycles. The lowest BCUT2D eigenvalue weighted by Gasteiger charge is -2.22. The van der Waals surface area contributed by atoms with Crippen molar-refractivity contribution < 1.29 is 8.42 Å². The predicted octanol–water partition coefficient (Wildman–Crippen LogP) is 1.68. The summed E-state index contributed by atoms with van der Waals surface area (Å²) in [6.07, 6.45) is 6.95. The molecule has 0 radical (unpaired) electrons. The summed E-state index contributed by atoms with van der Waals surface area (Å²) in [5, 5.41) is 0.183. The highest BCUT2D eigenvalue weighted by Gasteiger charge is 2.27. The van der Waals surface area contributed by atoms with E-state index in [1.807, 2.05) is 14.0 Å². The third-order valence-electron chi connectivity index (χ3n) is 3.51. The van der Waals surface area contributed by atoms with Crippen molar-refractivity contribution in [1.82, 2.24) is 13.9 Å². The second-order valence-electron chi connectivity index (χ2n) is 4.91. The molecule has 0 N–H and O–H groups in total. The highest BCUT2D eigenvalue weighted by atomic mass is 32.2. The summed E-state index contributed by atoms with van der Waals surface area (Å²) in [5.41, 5.74) is 0. The van der Waals surface area contributed by atoms with Gasteiger partial charge < -0.3 is 4.57 Å². The zero-order valence-electron chi connectivity index (χ0n) is 11.1. The van der Waals surface area contributed by atoms with Gasteiger partial charge in [0.15, 0.2) is 5.03 Å². The minimum absolute atomic E-state index is 0.183. The Kier molecular flexibility index (Phi) is 4.07. The number of rotatable bonds is 2. The van der Waals surface area contributed by atoms with Crippen molar-refractivity contribution in [2.24, 2.45) is 7.05 Å². The summed E-state index contributed by atoms with van der Waals surface area (Å²) in [4.78, 5) is 4.14. The summed E-state index contributed by atoms with van der Waals surface area (Å²) < 4.78 is 28.3. The molecule has 1 aromatic heterocycles. The van der Waals surface area contributed by atoms with E-state index in [-0.39, 0.29) is 5.03 Å². The van der Waals surface area contributed by atoms with Crippen LogP contribution >= 0.6 is 0 Å². The van der Waals surface area contributed by atoms with Crippen molar-refractivity contribution in [3.63, 3.8) is 0 Å². The number of sulfonamides is 1. The lowest BCUT2D eigenvalue weighted by molar-refractivity contribution is 0.363. The van der Waals surface area contributed by atoms with E-state index in [2.05, 4.69) is 4.98 Å².